The van der Waals surface area contributed by atoms with Crippen LogP contribution >= 0.6 is 0 Å². The fourth-order valence-electron chi connectivity index (χ4n) is 2.14. The van der Waals surface area contributed by atoms with Gasteiger partial charge in [0.15, 0.2) is 0 Å². The molecule has 0 amide bonds. The molecular weight excluding hydrogens is 200 g/mol. The van der Waals surface area contributed by atoms with Crippen molar-refractivity contribution in [2.45, 2.75) is 12.2 Å². The van der Waals surface area contributed by atoms with Gasteiger partial charge in [-0.2, -0.15) is 0 Å². The van der Waals surface area contributed by atoms with E-state index in [2.05, 4.69) is 9.47 Å². The highest BCUT2D eigenvalue weighted by molar-refractivity contribution is 5.84. The Morgan fingerprint density at radius 2 is 1.40 bits per heavy atom. The molecule has 2 aliphatic heterocycles. The number of fused-ring (bicyclic) bond motifs is 2. The van der Waals surface area contributed by atoms with Gasteiger partial charge in [-0.15, -0.1) is 0 Å². The monoisotopic (exact) mass is 212 g/mol. The summed E-state index contributed by atoms with van der Waals surface area (Å²) in [5, 5.41) is 0. The first-order valence-electron chi connectivity index (χ1n) is 4.68. The van der Waals surface area contributed by atoms with E-state index in [-0.39, 0.29) is 12.2 Å². The molecule has 2 bridgehead atoms. The first-order chi connectivity index (χ1) is 7.19. The highest BCUT2D eigenvalue weighted by atomic mass is 16.6. The Morgan fingerprint density at radius 3 is 1.73 bits per heavy atom. The van der Waals surface area contributed by atoms with Crippen molar-refractivity contribution in [2.75, 3.05) is 14.2 Å². The largest absolute Gasteiger partial charge is 0.469 e. The Bertz CT molecular complexity index is 292. The predicted octanol–water partition coefficient (Wildman–Crippen LogP) is -0.0980. The van der Waals surface area contributed by atoms with Gasteiger partial charge >= 0.3 is 11.9 Å². The van der Waals surface area contributed by atoms with Crippen LogP contribution in [0.1, 0.15) is 0 Å². The molecule has 4 atom stereocenters. The van der Waals surface area contributed by atoms with E-state index >= 15 is 0 Å². The lowest BCUT2D eigenvalue weighted by molar-refractivity contribution is -0.156. The summed E-state index contributed by atoms with van der Waals surface area (Å²) in [6, 6.07) is 0. The van der Waals surface area contributed by atoms with Crippen LogP contribution in [0.25, 0.3) is 0 Å². The minimum Gasteiger partial charge on any atom is -0.469 e. The van der Waals surface area contributed by atoms with Crippen LogP contribution < -0.4 is 0 Å². The van der Waals surface area contributed by atoms with Crippen LogP contribution in [0.2, 0.25) is 0 Å². The zero-order valence-electron chi connectivity index (χ0n) is 8.51. The van der Waals surface area contributed by atoms with Crippen molar-refractivity contribution in [3.63, 3.8) is 0 Å². The highest BCUT2D eigenvalue weighted by Gasteiger charge is 2.54. The first kappa shape index (κ1) is 10.2. The van der Waals surface area contributed by atoms with Gasteiger partial charge in [-0.1, -0.05) is 12.2 Å². The quantitative estimate of drug-likeness (QED) is 0.472. The minimum atomic E-state index is -0.572. The Balaban J connectivity index is 2.24. The Morgan fingerprint density at radius 1 is 1.00 bits per heavy atom. The van der Waals surface area contributed by atoms with Crippen molar-refractivity contribution in [1.82, 2.24) is 0 Å². The minimum absolute atomic E-state index is 0.355. The van der Waals surface area contributed by atoms with Crippen molar-refractivity contribution in [3.8, 4) is 0 Å². The second-order valence-electron chi connectivity index (χ2n) is 3.55. The summed E-state index contributed by atoms with van der Waals surface area (Å²) in [7, 11) is 2.60. The van der Waals surface area contributed by atoms with Crippen LogP contribution in [0.5, 0.6) is 0 Å². The summed E-state index contributed by atoms with van der Waals surface area (Å²) >= 11 is 0. The molecule has 2 aliphatic rings. The number of ether oxygens (including phenoxy) is 3. The number of esters is 2. The standard InChI is InChI=1S/C10H12O5/c1-13-9(11)7-5-3-4-6(15-5)8(7)10(12)14-2/h3-8H,1-2H3/t5-,6+,7-,8-/m0/s1. The molecule has 1 fully saturated rings. The maximum atomic E-state index is 11.5. The number of hydrogen-bond acceptors (Lipinski definition) is 5. The molecule has 0 spiro atoms. The summed E-state index contributed by atoms with van der Waals surface area (Å²) in [6.07, 6.45) is 2.86. The third-order valence-corrected chi connectivity index (χ3v) is 2.85. The maximum absolute atomic E-state index is 11.5. The van der Waals surface area contributed by atoms with Gasteiger partial charge in [0, 0.05) is 0 Å². The fourth-order valence-corrected chi connectivity index (χ4v) is 2.14. The molecule has 5 heteroatoms. The summed E-state index contributed by atoms with van der Waals surface area (Å²) in [4.78, 5) is 23.0. The van der Waals surface area contributed by atoms with E-state index in [1.54, 1.807) is 12.2 Å². The van der Waals surface area contributed by atoms with E-state index in [1.165, 1.54) is 14.2 Å². The number of carbonyl (C=O) groups excluding carboxylic acids is 2. The molecule has 2 rings (SSSR count). The van der Waals surface area contributed by atoms with Gasteiger partial charge in [0.05, 0.1) is 26.4 Å². The van der Waals surface area contributed by atoms with Crippen LogP contribution in [-0.4, -0.2) is 38.4 Å². The van der Waals surface area contributed by atoms with E-state index in [9.17, 15) is 9.59 Å². The van der Waals surface area contributed by atoms with Crippen LogP contribution in [-0.2, 0) is 23.8 Å². The average molecular weight is 212 g/mol. The predicted molar refractivity (Wildman–Crippen MR) is 48.8 cm³/mol. The van der Waals surface area contributed by atoms with Crippen LogP contribution in [0, 0.1) is 11.8 Å². The first-order valence-corrected chi connectivity index (χ1v) is 4.68. The van der Waals surface area contributed by atoms with E-state index in [1.807, 2.05) is 0 Å². The Labute approximate surface area is 87.0 Å². The normalized spacial score (nSPS) is 36.7. The van der Waals surface area contributed by atoms with E-state index in [0.717, 1.165) is 0 Å². The molecule has 0 aliphatic carbocycles. The number of rotatable bonds is 2. The third-order valence-electron chi connectivity index (χ3n) is 2.85. The summed E-state index contributed by atoms with van der Waals surface area (Å²) in [5.74, 6) is -2.00. The molecule has 0 saturated carbocycles. The molecule has 82 valence electrons. The van der Waals surface area contributed by atoms with Crippen molar-refractivity contribution >= 4 is 11.9 Å². The van der Waals surface area contributed by atoms with Crippen LogP contribution in [0.3, 0.4) is 0 Å². The Kier molecular flexibility index (Phi) is 2.48. The Hall–Kier alpha value is -1.36. The molecule has 0 unspecified atom stereocenters. The van der Waals surface area contributed by atoms with Gasteiger partial charge < -0.3 is 14.2 Å². The fraction of sp³-hybridized carbons (Fsp3) is 0.600. The molecule has 15 heavy (non-hydrogen) atoms. The third kappa shape index (κ3) is 1.43. The lowest BCUT2D eigenvalue weighted by Crippen LogP contribution is -2.37. The second kappa shape index (κ2) is 3.66. The molecule has 1 saturated heterocycles. The lowest BCUT2D eigenvalue weighted by Gasteiger charge is -2.20. The smallest absolute Gasteiger partial charge is 0.312 e. The zero-order valence-corrected chi connectivity index (χ0v) is 8.51. The van der Waals surface area contributed by atoms with Gasteiger partial charge in [-0.25, -0.2) is 0 Å². The van der Waals surface area contributed by atoms with E-state index < -0.39 is 23.8 Å². The zero-order chi connectivity index (χ0) is 11.0. The summed E-state index contributed by atoms with van der Waals surface area (Å²) in [5.41, 5.74) is 0. The van der Waals surface area contributed by atoms with Crippen LogP contribution in [0.15, 0.2) is 12.2 Å². The molecule has 0 aromatic rings. The van der Waals surface area contributed by atoms with Crippen molar-refractivity contribution in [3.05, 3.63) is 12.2 Å². The lowest BCUT2D eigenvalue weighted by atomic mass is 9.83. The average Bonchev–Trinajstić information content (AvgIpc) is 2.86. The number of methoxy groups -OCH3 is 2. The SMILES string of the molecule is COC(=O)[C@@H]1[C@@H](C(=O)OC)[C@H]2C=C[C@@H]1O2. The van der Waals surface area contributed by atoms with Gasteiger partial charge in [-0.3, -0.25) is 9.59 Å². The highest BCUT2D eigenvalue weighted by Crippen LogP contribution is 2.40. The molecule has 0 radical (unpaired) electrons. The van der Waals surface area contributed by atoms with Crippen LogP contribution in [0.4, 0.5) is 0 Å². The molecular formula is C10H12O5. The molecule has 0 N–H and O–H groups in total. The molecule has 5 nitrogen and oxygen atoms in total. The van der Waals surface area contributed by atoms with Gasteiger partial charge in [0.1, 0.15) is 11.8 Å². The molecule has 2 heterocycles. The maximum Gasteiger partial charge on any atom is 0.312 e. The number of hydrogen-bond donors (Lipinski definition) is 0. The van der Waals surface area contributed by atoms with Crippen molar-refractivity contribution in [1.29, 1.82) is 0 Å². The van der Waals surface area contributed by atoms with Gasteiger partial charge in [-0.05, 0) is 0 Å². The topological polar surface area (TPSA) is 61.8 Å². The molecule has 0 aromatic heterocycles. The molecule has 0 aromatic carbocycles. The summed E-state index contributed by atoms with van der Waals surface area (Å²) in [6.45, 7) is 0. The van der Waals surface area contributed by atoms with E-state index in [4.69, 9.17) is 4.74 Å². The van der Waals surface area contributed by atoms with Gasteiger partial charge in [0.25, 0.3) is 0 Å². The van der Waals surface area contributed by atoms with Crippen molar-refractivity contribution < 1.29 is 23.8 Å². The van der Waals surface area contributed by atoms with Crippen molar-refractivity contribution in [2.24, 2.45) is 11.8 Å². The van der Waals surface area contributed by atoms with Gasteiger partial charge in [0.2, 0.25) is 0 Å². The summed E-state index contributed by atoms with van der Waals surface area (Å²) < 4.78 is 14.7. The number of carbonyl (C=O) groups is 2. The van der Waals surface area contributed by atoms with E-state index in [0.29, 0.717) is 0 Å². The second-order valence-corrected chi connectivity index (χ2v) is 3.55.